The summed E-state index contributed by atoms with van der Waals surface area (Å²) in [7, 11) is 0. The van der Waals surface area contributed by atoms with Gasteiger partial charge in [-0.2, -0.15) is 0 Å². The molecule has 118 valence electrons. The molecule has 2 rings (SSSR count). The van der Waals surface area contributed by atoms with Crippen molar-refractivity contribution in [1.82, 2.24) is 5.32 Å². The summed E-state index contributed by atoms with van der Waals surface area (Å²) in [5, 5.41) is 12.3. The summed E-state index contributed by atoms with van der Waals surface area (Å²) in [6.45, 7) is 3.79. The van der Waals surface area contributed by atoms with E-state index in [1.807, 2.05) is 0 Å². The van der Waals surface area contributed by atoms with Crippen LogP contribution in [0.4, 0.5) is 0 Å². The van der Waals surface area contributed by atoms with Gasteiger partial charge in [0, 0.05) is 5.02 Å². The highest BCUT2D eigenvalue weighted by Gasteiger charge is 2.29. The van der Waals surface area contributed by atoms with Crippen LogP contribution >= 0.6 is 11.6 Å². The van der Waals surface area contributed by atoms with Crippen LogP contribution in [0.5, 0.6) is 5.75 Å². The van der Waals surface area contributed by atoms with E-state index in [1.165, 1.54) is 0 Å². The van der Waals surface area contributed by atoms with Crippen molar-refractivity contribution < 1.29 is 19.4 Å². The number of carboxylic acid groups (broad SMARTS) is 1. The highest BCUT2D eigenvalue weighted by molar-refractivity contribution is 6.30. The number of benzene rings is 1. The second-order valence-electron chi connectivity index (χ2n) is 5.23. The first-order valence-corrected chi connectivity index (χ1v) is 7.44. The molecular formula is C16H18ClNO4. The van der Waals surface area contributed by atoms with Crippen molar-refractivity contribution in [3.05, 3.63) is 41.4 Å². The number of fused-ring (bicyclic) bond motifs is 1. The van der Waals surface area contributed by atoms with Crippen LogP contribution in [0.2, 0.25) is 5.02 Å². The number of allylic oxidation sites excluding steroid dienone is 1. The smallest absolute Gasteiger partial charge is 0.326 e. The lowest BCUT2D eigenvalue weighted by Crippen LogP contribution is -2.46. The number of hydrogen-bond donors (Lipinski definition) is 2. The maximum absolute atomic E-state index is 12.3. The SMILES string of the molecule is C=CCCC(NC(=O)C1COc2ccc(Cl)cc2C1)C(=O)O. The summed E-state index contributed by atoms with van der Waals surface area (Å²) in [5.74, 6) is -1.07. The van der Waals surface area contributed by atoms with Crippen LogP contribution in [-0.2, 0) is 16.0 Å². The van der Waals surface area contributed by atoms with Crippen LogP contribution in [0, 0.1) is 5.92 Å². The molecule has 1 aliphatic heterocycles. The van der Waals surface area contributed by atoms with E-state index >= 15 is 0 Å². The molecule has 0 radical (unpaired) electrons. The Morgan fingerprint density at radius 3 is 3.00 bits per heavy atom. The van der Waals surface area contributed by atoms with Crippen molar-refractivity contribution in [2.24, 2.45) is 5.92 Å². The molecule has 1 aliphatic rings. The Labute approximate surface area is 133 Å². The molecule has 0 saturated heterocycles. The zero-order valence-electron chi connectivity index (χ0n) is 12.0. The molecule has 2 atom stereocenters. The minimum Gasteiger partial charge on any atom is -0.492 e. The van der Waals surface area contributed by atoms with Crippen molar-refractivity contribution in [2.45, 2.75) is 25.3 Å². The Hall–Kier alpha value is -2.01. The molecule has 1 amide bonds. The molecule has 0 bridgehead atoms. The maximum atomic E-state index is 12.3. The lowest BCUT2D eigenvalue weighted by Gasteiger charge is -2.26. The predicted octanol–water partition coefficient (Wildman–Crippen LogP) is 2.43. The van der Waals surface area contributed by atoms with Gasteiger partial charge in [0.2, 0.25) is 5.91 Å². The molecule has 0 aliphatic carbocycles. The average molecular weight is 324 g/mol. The van der Waals surface area contributed by atoms with E-state index in [0.717, 1.165) is 11.3 Å². The van der Waals surface area contributed by atoms with Crippen LogP contribution in [-0.4, -0.2) is 29.6 Å². The van der Waals surface area contributed by atoms with E-state index in [0.29, 0.717) is 24.3 Å². The van der Waals surface area contributed by atoms with Crippen molar-refractivity contribution in [2.75, 3.05) is 6.61 Å². The van der Waals surface area contributed by atoms with Gasteiger partial charge in [-0.25, -0.2) is 4.79 Å². The fourth-order valence-electron chi connectivity index (χ4n) is 2.36. The Morgan fingerprint density at radius 1 is 1.55 bits per heavy atom. The quantitative estimate of drug-likeness (QED) is 0.788. The topological polar surface area (TPSA) is 75.6 Å². The molecule has 0 saturated carbocycles. The number of ether oxygens (including phenoxy) is 1. The average Bonchev–Trinajstić information content (AvgIpc) is 2.50. The van der Waals surface area contributed by atoms with Crippen LogP contribution in [0.25, 0.3) is 0 Å². The number of aliphatic carboxylic acids is 1. The number of carbonyl (C=O) groups excluding carboxylic acids is 1. The summed E-state index contributed by atoms with van der Waals surface area (Å²) >= 11 is 5.94. The van der Waals surface area contributed by atoms with E-state index in [-0.39, 0.29) is 12.5 Å². The van der Waals surface area contributed by atoms with E-state index in [1.54, 1.807) is 24.3 Å². The molecule has 1 aromatic carbocycles. The fourth-order valence-corrected chi connectivity index (χ4v) is 2.56. The third-order valence-corrected chi connectivity index (χ3v) is 3.81. The van der Waals surface area contributed by atoms with Crippen molar-refractivity contribution in [3.8, 4) is 5.75 Å². The lowest BCUT2D eigenvalue weighted by molar-refractivity contribution is -0.142. The summed E-state index contributed by atoms with van der Waals surface area (Å²) in [6, 6.07) is 4.36. The Morgan fingerprint density at radius 2 is 2.32 bits per heavy atom. The van der Waals surface area contributed by atoms with Gasteiger partial charge in [0.1, 0.15) is 18.4 Å². The van der Waals surface area contributed by atoms with Gasteiger partial charge in [0.05, 0.1) is 5.92 Å². The third-order valence-electron chi connectivity index (χ3n) is 3.57. The molecule has 1 heterocycles. The zero-order valence-corrected chi connectivity index (χ0v) is 12.8. The summed E-state index contributed by atoms with van der Waals surface area (Å²) in [6.07, 6.45) is 2.96. The van der Waals surface area contributed by atoms with E-state index < -0.39 is 17.9 Å². The van der Waals surface area contributed by atoms with Gasteiger partial charge in [-0.05, 0) is 43.0 Å². The molecular weight excluding hydrogens is 306 g/mol. The Bertz CT molecular complexity index is 588. The molecule has 2 N–H and O–H groups in total. The minimum absolute atomic E-state index is 0.230. The summed E-state index contributed by atoms with van der Waals surface area (Å²) in [4.78, 5) is 23.4. The van der Waals surface area contributed by atoms with Crippen molar-refractivity contribution in [3.63, 3.8) is 0 Å². The second kappa shape index (κ2) is 7.31. The minimum atomic E-state index is -1.05. The van der Waals surface area contributed by atoms with Crippen molar-refractivity contribution in [1.29, 1.82) is 0 Å². The molecule has 0 aromatic heterocycles. The molecule has 0 spiro atoms. The van der Waals surface area contributed by atoms with Gasteiger partial charge in [-0.1, -0.05) is 17.7 Å². The third kappa shape index (κ3) is 4.01. The largest absolute Gasteiger partial charge is 0.492 e. The maximum Gasteiger partial charge on any atom is 0.326 e. The number of rotatable bonds is 6. The Kier molecular flexibility index (Phi) is 5.44. The van der Waals surface area contributed by atoms with E-state index in [4.69, 9.17) is 21.4 Å². The van der Waals surface area contributed by atoms with Crippen molar-refractivity contribution >= 4 is 23.5 Å². The molecule has 0 fully saturated rings. The first-order valence-electron chi connectivity index (χ1n) is 7.06. The van der Waals surface area contributed by atoms with Gasteiger partial charge in [0.15, 0.2) is 0 Å². The molecule has 6 heteroatoms. The molecule has 2 unspecified atom stereocenters. The van der Waals surface area contributed by atoms with Gasteiger partial charge in [-0.3, -0.25) is 4.79 Å². The molecule has 22 heavy (non-hydrogen) atoms. The highest BCUT2D eigenvalue weighted by Crippen LogP contribution is 2.29. The zero-order chi connectivity index (χ0) is 16.1. The summed E-state index contributed by atoms with van der Waals surface area (Å²) in [5.41, 5.74) is 0.858. The molecule has 1 aromatic rings. The van der Waals surface area contributed by atoms with Crippen LogP contribution in [0.3, 0.4) is 0 Å². The first-order chi connectivity index (χ1) is 10.5. The lowest BCUT2D eigenvalue weighted by atomic mass is 9.95. The highest BCUT2D eigenvalue weighted by atomic mass is 35.5. The standard InChI is InChI=1S/C16H18ClNO4/c1-2-3-4-13(16(20)21)18-15(19)11-7-10-8-12(17)5-6-14(10)22-9-11/h2,5-6,8,11,13H,1,3-4,7,9H2,(H,18,19)(H,20,21). The number of amides is 1. The summed E-state index contributed by atoms with van der Waals surface area (Å²) < 4.78 is 5.55. The number of hydrogen-bond acceptors (Lipinski definition) is 3. The molecule has 5 nitrogen and oxygen atoms in total. The van der Waals surface area contributed by atoms with Crippen LogP contribution < -0.4 is 10.1 Å². The fraction of sp³-hybridized carbons (Fsp3) is 0.375. The normalized spacial score (nSPS) is 17.8. The number of carbonyl (C=O) groups is 2. The number of carboxylic acids is 1. The van der Waals surface area contributed by atoms with Crippen LogP contribution in [0.1, 0.15) is 18.4 Å². The number of halogens is 1. The van der Waals surface area contributed by atoms with Crippen LogP contribution in [0.15, 0.2) is 30.9 Å². The second-order valence-corrected chi connectivity index (χ2v) is 5.67. The number of nitrogens with one attached hydrogen (secondary N) is 1. The monoisotopic (exact) mass is 323 g/mol. The van der Waals surface area contributed by atoms with Gasteiger partial charge < -0.3 is 15.2 Å². The van der Waals surface area contributed by atoms with Gasteiger partial charge in [0.25, 0.3) is 0 Å². The first kappa shape index (κ1) is 16.4. The predicted molar refractivity (Wildman–Crippen MR) is 83.1 cm³/mol. The van der Waals surface area contributed by atoms with E-state index in [9.17, 15) is 9.59 Å². The van der Waals surface area contributed by atoms with E-state index in [2.05, 4.69) is 11.9 Å². The van der Waals surface area contributed by atoms with Gasteiger partial charge in [-0.15, -0.1) is 6.58 Å². The van der Waals surface area contributed by atoms with Gasteiger partial charge >= 0.3 is 5.97 Å². The Balaban J connectivity index is 2.01.